The smallest absolute Gasteiger partial charge is 0.229 e. The highest BCUT2D eigenvalue weighted by atomic mass is 32.1. The normalized spacial score (nSPS) is 14.9. The second kappa shape index (κ2) is 8.73. The second-order valence-electron chi connectivity index (χ2n) is 7.08. The molecule has 4 rings (SSSR count). The first kappa shape index (κ1) is 19.6. The van der Waals surface area contributed by atoms with E-state index in [0.717, 1.165) is 34.9 Å². The summed E-state index contributed by atoms with van der Waals surface area (Å²) in [6, 6.07) is 7.87. The van der Waals surface area contributed by atoms with E-state index >= 15 is 0 Å². The minimum absolute atomic E-state index is 0.111. The summed E-state index contributed by atoms with van der Waals surface area (Å²) < 4.78 is 11.0. The molecule has 1 aromatic carbocycles. The molecule has 1 aliphatic heterocycles. The molecular weight excluding hydrogens is 388 g/mol. The molecule has 3 heterocycles. The molecule has 0 unspecified atom stereocenters. The number of amides is 1. The van der Waals surface area contributed by atoms with E-state index in [2.05, 4.69) is 15.1 Å². The standard InChI is InChI=1S/C21H24N4O3S/c1-3-27-18-7-5-4-6-17(18)21-23-16(13-29-21)12-19(26)25-10-8-15(9-11-25)20-22-14(2)24-28-20/h4-7,13,15H,3,8-12H2,1-2H3. The number of nitrogens with zero attached hydrogens (tertiary/aromatic N) is 4. The Morgan fingerprint density at radius 2 is 2.07 bits per heavy atom. The third-order valence-electron chi connectivity index (χ3n) is 5.04. The number of piperidine rings is 1. The Kier molecular flexibility index (Phi) is 5.89. The van der Waals surface area contributed by atoms with Crippen LogP contribution in [-0.4, -0.2) is 45.6 Å². The Morgan fingerprint density at radius 1 is 1.28 bits per heavy atom. The van der Waals surface area contributed by atoms with Crippen molar-refractivity contribution in [3.05, 3.63) is 47.1 Å². The third-order valence-corrected chi connectivity index (χ3v) is 5.97. The summed E-state index contributed by atoms with van der Waals surface area (Å²) in [5.74, 6) is 2.51. The molecule has 1 aliphatic rings. The van der Waals surface area contributed by atoms with Crippen LogP contribution in [-0.2, 0) is 11.2 Å². The molecule has 1 amide bonds. The summed E-state index contributed by atoms with van der Waals surface area (Å²) in [7, 11) is 0. The molecule has 152 valence electrons. The average molecular weight is 413 g/mol. The third kappa shape index (κ3) is 4.48. The van der Waals surface area contributed by atoms with Gasteiger partial charge in [-0.15, -0.1) is 11.3 Å². The minimum atomic E-state index is 0.111. The van der Waals surface area contributed by atoms with Crippen molar-refractivity contribution in [3.63, 3.8) is 0 Å². The molecule has 0 radical (unpaired) electrons. The highest BCUT2D eigenvalue weighted by Gasteiger charge is 2.27. The van der Waals surface area contributed by atoms with Crippen LogP contribution in [0.25, 0.3) is 10.6 Å². The number of carbonyl (C=O) groups is 1. The fourth-order valence-corrected chi connectivity index (χ4v) is 4.41. The molecule has 8 heteroatoms. The molecule has 2 aromatic heterocycles. The number of ether oxygens (including phenoxy) is 1. The molecule has 0 spiro atoms. The lowest BCUT2D eigenvalue weighted by molar-refractivity contribution is -0.131. The van der Waals surface area contributed by atoms with Crippen molar-refractivity contribution in [3.8, 4) is 16.3 Å². The van der Waals surface area contributed by atoms with Crippen LogP contribution in [0.5, 0.6) is 5.75 Å². The fourth-order valence-electron chi connectivity index (χ4n) is 3.56. The number of hydrogen-bond acceptors (Lipinski definition) is 7. The molecule has 0 bridgehead atoms. The fraction of sp³-hybridized carbons (Fsp3) is 0.429. The number of aryl methyl sites for hydroxylation is 1. The topological polar surface area (TPSA) is 81.4 Å². The number of aromatic nitrogens is 3. The van der Waals surface area contributed by atoms with Gasteiger partial charge in [0.05, 0.1) is 24.3 Å². The molecule has 3 aromatic rings. The van der Waals surface area contributed by atoms with Crippen molar-refractivity contribution in [1.29, 1.82) is 0 Å². The van der Waals surface area contributed by atoms with E-state index < -0.39 is 0 Å². The van der Waals surface area contributed by atoms with Crippen molar-refractivity contribution < 1.29 is 14.1 Å². The maximum Gasteiger partial charge on any atom is 0.229 e. The summed E-state index contributed by atoms with van der Waals surface area (Å²) >= 11 is 1.54. The molecule has 1 fully saturated rings. The SMILES string of the molecule is CCOc1ccccc1-c1nc(CC(=O)N2CCC(c3nc(C)no3)CC2)cs1. The molecule has 0 saturated carbocycles. The number of hydrogen-bond donors (Lipinski definition) is 0. The predicted molar refractivity (Wildman–Crippen MR) is 110 cm³/mol. The van der Waals surface area contributed by atoms with Gasteiger partial charge < -0.3 is 14.2 Å². The van der Waals surface area contributed by atoms with Crippen LogP contribution in [0, 0.1) is 6.92 Å². The minimum Gasteiger partial charge on any atom is -0.493 e. The molecule has 1 saturated heterocycles. The quantitative estimate of drug-likeness (QED) is 0.612. The first-order chi connectivity index (χ1) is 14.1. The van der Waals surface area contributed by atoms with E-state index in [9.17, 15) is 4.79 Å². The Morgan fingerprint density at radius 3 is 2.79 bits per heavy atom. The number of likely N-dealkylation sites (tertiary alicyclic amines) is 1. The van der Waals surface area contributed by atoms with Gasteiger partial charge in [0.1, 0.15) is 10.8 Å². The Hall–Kier alpha value is -2.74. The van der Waals surface area contributed by atoms with Crippen LogP contribution < -0.4 is 4.74 Å². The molecule has 7 nitrogen and oxygen atoms in total. The van der Waals surface area contributed by atoms with Crippen molar-refractivity contribution in [2.75, 3.05) is 19.7 Å². The lowest BCUT2D eigenvalue weighted by Crippen LogP contribution is -2.38. The van der Waals surface area contributed by atoms with Crippen molar-refractivity contribution in [2.45, 2.75) is 39.0 Å². The van der Waals surface area contributed by atoms with Gasteiger partial charge >= 0.3 is 0 Å². The van der Waals surface area contributed by atoms with Gasteiger partial charge in [0, 0.05) is 24.4 Å². The van der Waals surface area contributed by atoms with E-state index in [4.69, 9.17) is 9.26 Å². The molecule has 0 atom stereocenters. The zero-order valence-electron chi connectivity index (χ0n) is 16.6. The zero-order valence-corrected chi connectivity index (χ0v) is 17.4. The Bertz CT molecular complexity index is 976. The van der Waals surface area contributed by atoms with E-state index in [-0.39, 0.29) is 11.8 Å². The number of thiazole rings is 1. The highest BCUT2D eigenvalue weighted by molar-refractivity contribution is 7.13. The summed E-state index contributed by atoms with van der Waals surface area (Å²) in [6.45, 7) is 5.79. The van der Waals surface area contributed by atoms with Gasteiger partial charge in [-0.3, -0.25) is 4.79 Å². The Balaban J connectivity index is 1.36. The maximum atomic E-state index is 12.7. The van der Waals surface area contributed by atoms with E-state index in [1.54, 1.807) is 11.3 Å². The lowest BCUT2D eigenvalue weighted by atomic mass is 9.96. The first-order valence-electron chi connectivity index (χ1n) is 9.88. The number of benzene rings is 1. The summed E-state index contributed by atoms with van der Waals surface area (Å²) in [4.78, 5) is 23.7. The Labute approximate surface area is 173 Å². The van der Waals surface area contributed by atoms with Crippen LogP contribution in [0.4, 0.5) is 0 Å². The van der Waals surface area contributed by atoms with Crippen LogP contribution in [0.15, 0.2) is 34.2 Å². The summed E-state index contributed by atoms with van der Waals surface area (Å²) in [5, 5.41) is 6.70. The average Bonchev–Trinajstić information content (AvgIpc) is 3.38. The largest absolute Gasteiger partial charge is 0.493 e. The predicted octanol–water partition coefficient (Wildman–Crippen LogP) is 3.85. The van der Waals surface area contributed by atoms with Crippen LogP contribution in [0.1, 0.15) is 43.1 Å². The lowest BCUT2D eigenvalue weighted by Gasteiger charge is -2.30. The van der Waals surface area contributed by atoms with Gasteiger partial charge in [0.25, 0.3) is 0 Å². The first-order valence-corrected chi connectivity index (χ1v) is 10.8. The van der Waals surface area contributed by atoms with Crippen LogP contribution >= 0.6 is 11.3 Å². The number of para-hydroxylation sites is 1. The molecular formula is C21H24N4O3S. The van der Waals surface area contributed by atoms with Gasteiger partial charge in [0.15, 0.2) is 5.82 Å². The molecule has 0 N–H and O–H groups in total. The van der Waals surface area contributed by atoms with E-state index in [1.807, 2.05) is 48.4 Å². The molecule has 29 heavy (non-hydrogen) atoms. The van der Waals surface area contributed by atoms with Crippen molar-refractivity contribution >= 4 is 17.2 Å². The number of carbonyl (C=O) groups excluding carboxylic acids is 1. The van der Waals surface area contributed by atoms with Gasteiger partial charge in [-0.25, -0.2) is 4.98 Å². The van der Waals surface area contributed by atoms with Crippen LogP contribution in [0.2, 0.25) is 0 Å². The van der Waals surface area contributed by atoms with E-state index in [0.29, 0.717) is 37.8 Å². The summed E-state index contributed by atoms with van der Waals surface area (Å²) in [6.07, 6.45) is 2.01. The van der Waals surface area contributed by atoms with Gasteiger partial charge in [-0.1, -0.05) is 17.3 Å². The van der Waals surface area contributed by atoms with Gasteiger partial charge in [0.2, 0.25) is 11.8 Å². The summed E-state index contributed by atoms with van der Waals surface area (Å²) in [5.41, 5.74) is 1.77. The van der Waals surface area contributed by atoms with Crippen molar-refractivity contribution in [1.82, 2.24) is 20.0 Å². The van der Waals surface area contributed by atoms with Crippen molar-refractivity contribution in [2.24, 2.45) is 0 Å². The van der Waals surface area contributed by atoms with Gasteiger partial charge in [-0.05, 0) is 38.8 Å². The van der Waals surface area contributed by atoms with E-state index in [1.165, 1.54) is 0 Å². The van der Waals surface area contributed by atoms with Gasteiger partial charge in [-0.2, -0.15) is 4.98 Å². The number of rotatable bonds is 6. The maximum absolute atomic E-state index is 12.7. The molecule has 0 aliphatic carbocycles. The monoisotopic (exact) mass is 412 g/mol. The highest BCUT2D eigenvalue weighted by Crippen LogP contribution is 2.32. The van der Waals surface area contributed by atoms with Crippen LogP contribution in [0.3, 0.4) is 0 Å². The second-order valence-corrected chi connectivity index (χ2v) is 7.94. The zero-order chi connectivity index (χ0) is 20.2.